The summed E-state index contributed by atoms with van der Waals surface area (Å²) in [6, 6.07) is 10.5. The Morgan fingerprint density at radius 3 is 2.73 bits per heavy atom. The molecule has 2 saturated heterocycles. The molecule has 2 unspecified atom stereocenters. The molecular weight excluding hydrogens is 284 g/mol. The topological polar surface area (TPSA) is 19.4 Å². The number of aromatic nitrogens is 1. The van der Waals surface area contributed by atoms with Crippen molar-refractivity contribution >= 4 is 5.82 Å². The van der Waals surface area contributed by atoms with Crippen molar-refractivity contribution in [2.24, 2.45) is 0 Å². The number of anilines is 1. The Hall–Kier alpha value is -2.01. The van der Waals surface area contributed by atoms with Crippen LogP contribution in [0.5, 0.6) is 0 Å². The number of fused-ring (bicyclic) bond motifs is 2. The van der Waals surface area contributed by atoms with Crippen LogP contribution in [-0.2, 0) is 6.54 Å². The van der Waals surface area contributed by atoms with Gasteiger partial charge in [0.05, 0.1) is 0 Å². The largest absolute Gasteiger partial charge is 0.348 e. The molecule has 22 heavy (non-hydrogen) atoms. The number of halogens is 2. The molecule has 0 aliphatic carbocycles. The lowest BCUT2D eigenvalue weighted by Gasteiger charge is -2.35. The number of piperazine rings is 1. The highest BCUT2D eigenvalue weighted by Crippen LogP contribution is 2.35. The van der Waals surface area contributed by atoms with E-state index >= 15 is 0 Å². The summed E-state index contributed by atoms with van der Waals surface area (Å²) in [4.78, 5) is 8.61. The van der Waals surface area contributed by atoms with E-state index in [1.807, 2.05) is 6.07 Å². The predicted molar refractivity (Wildman–Crippen MR) is 80.5 cm³/mol. The van der Waals surface area contributed by atoms with Crippen LogP contribution in [0.25, 0.3) is 0 Å². The summed E-state index contributed by atoms with van der Waals surface area (Å²) in [5.41, 5.74) is 0.989. The van der Waals surface area contributed by atoms with E-state index in [4.69, 9.17) is 0 Å². The third-order valence-electron chi connectivity index (χ3n) is 4.64. The highest BCUT2D eigenvalue weighted by molar-refractivity contribution is 5.44. The highest BCUT2D eigenvalue weighted by Gasteiger charge is 2.44. The molecule has 0 saturated carbocycles. The summed E-state index contributed by atoms with van der Waals surface area (Å²) in [7, 11) is 0. The summed E-state index contributed by atoms with van der Waals surface area (Å²) in [6.45, 7) is 2.41. The molecule has 1 aromatic carbocycles. The lowest BCUT2D eigenvalue weighted by atomic mass is 10.2. The van der Waals surface area contributed by atoms with Crippen LogP contribution in [0.2, 0.25) is 0 Å². The van der Waals surface area contributed by atoms with E-state index in [2.05, 4.69) is 14.8 Å². The maximum absolute atomic E-state index is 13.9. The fraction of sp³-hybridized carbons (Fsp3) is 0.353. The van der Waals surface area contributed by atoms with Crippen LogP contribution in [0.1, 0.15) is 12.0 Å². The van der Waals surface area contributed by atoms with E-state index in [1.54, 1.807) is 24.4 Å². The molecular formula is C17H17F2N3. The molecule has 2 fully saturated rings. The van der Waals surface area contributed by atoms with E-state index in [9.17, 15) is 8.78 Å². The third-order valence-corrected chi connectivity index (χ3v) is 4.64. The average Bonchev–Trinajstić information content (AvgIpc) is 3.08. The molecule has 3 heterocycles. The normalized spacial score (nSPS) is 24.2. The van der Waals surface area contributed by atoms with Crippen LogP contribution in [0.3, 0.4) is 0 Å². The van der Waals surface area contributed by atoms with Crippen molar-refractivity contribution in [3.05, 3.63) is 59.8 Å². The molecule has 4 rings (SSSR count). The lowest BCUT2D eigenvalue weighted by molar-refractivity contribution is 0.229. The second-order valence-electron chi connectivity index (χ2n) is 6.06. The number of nitrogens with zero attached hydrogens (tertiary/aromatic N) is 3. The Kier molecular flexibility index (Phi) is 3.30. The van der Waals surface area contributed by atoms with Gasteiger partial charge in [0.15, 0.2) is 11.6 Å². The standard InChI is InChI=1S/C17H17F2N3/c18-13-4-1-3-12(7-13)9-21-10-15-8-14(21)11-22(15)17-16(19)5-2-6-20-17/h1-7,14-15H,8-11H2. The molecule has 114 valence electrons. The zero-order valence-corrected chi connectivity index (χ0v) is 12.1. The van der Waals surface area contributed by atoms with Crippen LogP contribution in [0, 0.1) is 11.6 Å². The fourth-order valence-electron chi connectivity index (χ4n) is 3.66. The molecule has 2 aromatic rings. The number of likely N-dealkylation sites (tertiary alicyclic amines) is 1. The summed E-state index contributed by atoms with van der Waals surface area (Å²) in [5.74, 6) is 0.00572. The van der Waals surface area contributed by atoms with Gasteiger partial charge in [-0.15, -0.1) is 0 Å². The van der Waals surface area contributed by atoms with Gasteiger partial charge in [-0.05, 0) is 36.2 Å². The third kappa shape index (κ3) is 2.35. The Bertz CT molecular complexity index is 691. The lowest BCUT2D eigenvalue weighted by Crippen LogP contribution is -2.46. The first-order chi connectivity index (χ1) is 10.7. The van der Waals surface area contributed by atoms with E-state index in [0.717, 1.165) is 31.6 Å². The second kappa shape index (κ2) is 5.32. The maximum Gasteiger partial charge on any atom is 0.165 e. The second-order valence-corrected chi connectivity index (χ2v) is 6.06. The minimum absolute atomic E-state index is 0.195. The van der Waals surface area contributed by atoms with Gasteiger partial charge in [0.2, 0.25) is 0 Å². The maximum atomic E-state index is 13.9. The van der Waals surface area contributed by atoms with E-state index in [0.29, 0.717) is 17.9 Å². The predicted octanol–water partition coefficient (Wildman–Crippen LogP) is 2.82. The Morgan fingerprint density at radius 2 is 2.00 bits per heavy atom. The van der Waals surface area contributed by atoms with Crippen molar-refractivity contribution in [3.63, 3.8) is 0 Å². The first-order valence-corrected chi connectivity index (χ1v) is 7.56. The molecule has 5 heteroatoms. The first-order valence-electron chi connectivity index (χ1n) is 7.56. The highest BCUT2D eigenvalue weighted by atomic mass is 19.1. The first kappa shape index (κ1) is 13.6. The molecule has 2 aliphatic rings. The fourth-order valence-corrected chi connectivity index (χ4v) is 3.66. The summed E-state index contributed by atoms with van der Waals surface area (Å²) >= 11 is 0. The number of hydrogen-bond acceptors (Lipinski definition) is 3. The minimum Gasteiger partial charge on any atom is -0.348 e. The van der Waals surface area contributed by atoms with Gasteiger partial charge in [0.25, 0.3) is 0 Å². The van der Waals surface area contributed by atoms with Gasteiger partial charge in [-0.25, -0.2) is 13.8 Å². The summed E-state index contributed by atoms with van der Waals surface area (Å²) in [5, 5.41) is 0. The van der Waals surface area contributed by atoms with Gasteiger partial charge >= 0.3 is 0 Å². The van der Waals surface area contributed by atoms with Crippen LogP contribution in [-0.4, -0.2) is 35.1 Å². The van der Waals surface area contributed by atoms with Crippen molar-refractivity contribution < 1.29 is 8.78 Å². The number of pyridine rings is 1. The zero-order chi connectivity index (χ0) is 15.1. The van der Waals surface area contributed by atoms with Crippen LogP contribution >= 0.6 is 0 Å². The van der Waals surface area contributed by atoms with Gasteiger partial charge in [-0.1, -0.05) is 12.1 Å². The van der Waals surface area contributed by atoms with Gasteiger partial charge in [-0.3, -0.25) is 4.90 Å². The van der Waals surface area contributed by atoms with Crippen LogP contribution < -0.4 is 4.90 Å². The van der Waals surface area contributed by atoms with Gasteiger partial charge in [0.1, 0.15) is 5.82 Å². The summed E-state index contributed by atoms with van der Waals surface area (Å²) in [6.07, 6.45) is 2.65. The van der Waals surface area contributed by atoms with E-state index in [-0.39, 0.29) is 11.6 Å². The average molecular weight is 301 g/mol. The van der Waals surface area contributed by atoms with Crippen molar-refractivity contribution in [1.82, 2.24) is 9.88 Å². The van der Waals surface area contributed by atoms with E-state index < -0.39 is 0 Å². The van der Waals surface area contributed by atoms with Crippen LogP contribution in [0.4, 0.5) is 14.6 Å². The summed E-state index contributed by atoms with van der Waals surface area (Å²) < 4.78 is 27.2. The van der Waals surface area contributed by atoms with Gasteiger partial charge < -0.3 is 4.90 Å². The molecule has 0 amide bonds. The molecule has 0 N–H and O–H groups in total. The number of rotatable bonds is 3. The quantitative estimate of drug-likeness (QED) is 0.869. The zero-order valence-electron chi connectivity index (χ0n) is 12.1. The van der Waals surface area contributed by atoms with Crippen molar-refractivity contribution in [2.75, 3.05) is 18.0 Å². The Morgan fingerprint density at radius 1 is 1.09 bits per heavy atom. The molecule has 2 atom stereocenters. The number of benzene rings is 1. The van der Waals surface area contributed by atoms with Crippen molar-refractivity contribution in [2.45, 2.75) is 25.0 Å². The number of hydrogen-bond donors (Lipinski definition) is 0. The van der Waals surface area contributed by atoms with Crippen molar-refractivity contribution in [3.8, 4) is 0 Å². The molecule has 2 bridgehead atoms. The smallest absolute Gasteiger partial charge is 0.165 e. The molecule has 1 aromatic heterocycles. The monoisotopic (exact) mass is 301 g/mol. The van der Waals surface area contributed by atoms with Crippen LogP contribution in [0.15, 0.2) is 42.6 Å². The molecule has 0 radical (unpaired) electrons. The molecule has 2 aliphatic heterocycles. The van der Waals surface area contributed by atoms with Gasteiger partial charge in [-0.2, -0.15) is 0 Å². The Balaban J connectivity index is 1.47. The van der Waals surface area contributed by atoms with E-state index in [1.165, 1.54) is 12.1 Å². The molecule has 0 spiro atoms. The minimum atomic E-state index is -0.258. The SMILES string of the molecule is Fc1cccc(CN2CC3CC2CN3c2ncccc2F)c1. The molecule has 3 nitrogen and oxygen atoms in total. The van der Waals surface area contributed by atoms with Crippen molar-refractivity contribution in [1.29, 1.82) is 0 Å². The van der Waals surface area contributed by atoms with Gasteiger partial charge in [0, 0.05) is 37.9 Å². The Labute approximate surface area is 128 Å².